The first-order valence-corrected chi connectivity index (χ1v) is 6.81. The maximum atomic E-state index is 11.9. The summed E-state index contributed by atoms with van der Waals surface area (Å²) in [6.07, 6.45) is 2.01. The fraction of sp³-hybridized carbons (Fsp3) is 0.250. The molecule has 0 aliphatic carbocycles. The van der Waals surface area contributed by atoms with Crippen LogP contribution in [-0.2, 0) is 11.2 Å². The number of furan rings is 1. The van der Waals surface area contributed by atoms with Gasteiger partial charge in [-0.3, -0.25) is 4.79 Å². The Kier molecular flexibility index (Phi) is 5.13. The van der Waals surface area contributed by atoms with Gasteiger partial charge in [0, 0.05) is 5.69 Å². The summed E-state index contributed by atoms with van der Waals surface area (Å²) < 4.78 is 5.29. The minimum Gasteiger partial charge on any atom is -0.463 e. The average Bonchev–Trinajstić information content (AvgIpc) is 3.01. The number of nitrogens with two attached hydrogens (primary N) is 1. The fourth-order valence-corrected chi connectivity index (χ4v) is 1.96. The molecule has 1 aromatic heterocycles. The molecule has 0 unspecified atom stereocenters. The predicted octanol–water partition coefficient (Wildman–Crippen LogP) is 1.61. The minimum absolute atomic E-state index is 0.0681. The Balaban J connectivity index is 1.80. The molecule has 1 amide bonds. The van der Waals surface area contributed by atoms with Crippen molar-refractivity contribution in [1.82, 2.24) is 0 Å². The van der Waals surface area contributed by atoms with Crippen molar-refractivity contribution < 1.29 is 14.5 Å². The first kappa shape index (κ1) is 14.8. The number of nitrogens with one attached hydrogen (secondary N) is 1. The Labute approximate surface area is 123 Å². The molecule has 21 heavy (non-hydrogen) atoms. The molecule has 0 saturated heterocycles. The summed E-state index contributed by atoms with van der Waals surface area (Å²) in [5.74, 6) is 0.782. The highest BCUT2D eigenvalue weighted by molar-refractivity contribution is 5.91. The summed E-state index contributed by atoms with van der Waals surface area (Å²) >= 11 is 0. The molecule has 5 nitrogen and oxygen atoms in total. The lowest BCUT2D eigenvalue weighted by Crippen LogP contribution is -2.86. The van der Waals surface area contributed by atoms with Crippen molar-refractivity contribution in [3.63, 3.8) is 0 Å². The molecule has 1 atom stereocenters. The van der Waals surface area contributed by atoms with Crippen molar-refractivity contribution in [2.24, 2.45) is 0 Å². The number of rotatable bonds is 6. The molecule has 2 aromatic rings. The Morgan fingerprint density at radius 2 is 2.14 bits per heavy atom. The number of nitrogens with zero attached hydrogens (tertiary/aromatic N) is 1. The zero-order chi connectivity index (χ0) is 15.1. The molecule has 0 radical (unpaired) electrons. The number of carbonyl (C=O) groups is 1. The number of carbonyl (C=O) groups excluding carboxylic acids is 1. The van der Waals surface area contributed by atoms with E-state index >= 15 is 0 Å². The highest BCUT2D eigenvalue weighted by Crippen LogP contribution is 2.10. The number of nitriles is 1. The third kappa shape index (κ3) is 4.48. The molecule has 1 heterocycles. The fourth-order valence-electron chi connectivity index (χ4n) is 1.96. The Bertz CT molecular complexity index is 612. The molecule has 0 bridgehead atoms. The van der Waals surface area contributed by atoms with Gasteiger partial charge in [-0.2, -0.15) is 5.26 Å². The van der Waals surface area contributed by atoms with E-state index in [0.717, 1.165) is 17.0 Å². The zero-order valence-corrected chi connectivity index (χ0v) is 11.9. The molecule has 0 spiro atoms. The third-order valence-corrected chi connectivity index (χ3v) is 3.17. The minimum atomic E-state index is -0.0681. The summed E-state index contributed by atoms with van der Waals surface area (Å²) in [5.41, 5.74) is 1.68. The number of hydrogen-bond donors (Lipinski definition) is 2. The molecule has 0 aliphatic rings. The van der Waals surface area contributed by atoms with Crippen LogP contribution in [-0.4, -0.2) is 12.5 Å². The summed E-state index contributed by atoms with van der Waals surface area (Å²) in [6.45, 7) is 2.31. The SMILES string of the molecule is C[C@@H]([NH2+]CC(=O)Nc1ccc(CC#N)cc1)c1ccco1. The molecule has 0 saturated carbocycles. The van der Waals surface area contributed by atoms with E-state index in [9.17, 15) is 4.79 Å². The van der Waals surface area contributed by atoms with Gasteiger partial charge in [-0.15, -0.1) is 0 Å². The Morgan fingerprint density at radius 3 is 2.76 bits per heavy atom. The van der Waals surface area contributed by atoms with E-state index < -0.39 is 0 Å². The van der Waals surface area contributed by atoms with Crippen LogP contribution in [0.4, 0.5) is 5.69 Å². The van der Waals surface area contributed by atoms with Crippen molar-refractivity contribution >= 4 is 11.6 Å². The molecule has 0 aliphatic heterocycles. The second-order valence-corrected chi connectivity index (χ2v) is 4.82. The number of benzene rings is 1. The van der Waals surface area contributed by atoms with Crippen LogP contribution in [0.2, 0.25) is 0 Å². The van der Waals surface area contributed by atoms with E-state index in [-0.39, 0.29) is 11.9 Å². The maximum Gasteiger partial charge on any atom is 0.279 e. The molecular weight excluding hydrogens is 266 g/mol. The van der Waals surface area contributed by atoms with Crippen molar-refractivity contribution in [3.05, 3.63) is 54.0 Å². The lowest BCUT2D eigenvalue weighted by molar-refractivity contribution is -0.684. The van der Waals surface area contributed by atoms with Crippen molar-refractivity contribution in [3.8, 4) is 6.07 Å². The molecule has 0 fully saturated rings. The molecular formula is C16H18N3O2+. The van der Waals surface area contributed by atoms with Crippen LogP contribution in [0.15, 0.2) is 47.1 Å². The third-order valence-electron chi connectivity index (χ3n) is 3.17. The van der Waals surface area contributed by atoms with Crippen LogP contribution < -0.4 is 10.6 Å². The molecule has 108 valence electrons. The summed E-state index contributed by atoms with van der Waals surface area (Å²) in [5, 5.41) is 13.3. The first-order valence-electron chi connectivity index (χ1n) is 6.81. The predicted molar refractivity (Wildman–Crippen MR) is 78.3 cm³/mol. The van der Waals surface area contributed by atoms with Gasteiger partial charge in [-0.05, 0) is 36.8 Å². The van der Waals surface area contributed by atoms with Crippen molar-refractivity contribution in [2.45, 2.75) is 19.4 Å². The van der Waals surface area contributed by atoms with Gasteiger partial charge < -0.3 is 15.1 Å². The summed E-state index contributed by atoms with van der Waals surface area (Å²) in [4.78, 5) is 11.9. The van der Waals surface area contributed by atoms with Crippen LogP contribution in [0.1, 0.15) is 24.3 Å². The van der Waals surface area contributed by atoms with Gasteiger partial charge in [-0.25, -0.2) is 0 Å². The number of quaternary nitrogens is 1. The van der Waals surface area contributed by atoms with E-state index in [4.69, 9.17) is 9.68 Å². The smallest absolute Gasteiger partial charge is 0.279 e. The van der Waals surface area contributed by atoms with E-state index in [1.54, 1.807) is 18.4 Å². The van der Waals surface area contributed by atoms with E-state index in [0.29, 0.717) is 13.0 Å². The van der Waals surface area contributed by atoms with E-state index in [2.05, 4.69) is 11.4 Å². The Morgan fingerprint density at radius 1 is 1.38 bits per heavy atom. The molecule has 2 rings (SSSR count). The van der Waals surface area contributed by atoms with Crippen LogP contribution in [0, 0.1) is 11.3 Å². The lowest BCUT2D eigenvalue weighted by Gasteiger charge is -2.09. The van der Waals surface area contributed by atoms with Crippen LogP contribution in [0.3, 0.4) is 0 Å². The Hall–Kier alpha value is -2.58. The highest BCUT2D eigenvalue weighted by atomic mass is 16.3. The second-order valence-electron chi connectivity index (χ2n) is 4.82. The van der Waals surface area contributed by atoms with Gasteiger partial charge in [-0.1, -0.05) is 12.1 Å². The second kappa shape index (κ2) is 7.27. The first-order chi connectivity index (χ1) is 10.2. The van der Waals surface area contributed by atoms with Gasteiger partial charge in [0.1, 0.15) is 6.04 Å². The van der Waals surface area contributed by atoms with Gasteiger partial charge in [0.2, 0.25) is 0 Å². The molecule has 3 N–H and O–H groups in total. The van der Waals surface area contributed by atoms with Gasteiger partial charge in [0.15, 0.2) is 12.3 Å². The summed E-state index contributed by atoms with van der Waals surface area (Å²) in [7, 11) is 0. The average molecular weight is 284 g/mol. The zero-order valence-electron chi connectivity index (χ0n) is 11.9. The largest absolute Gasteiger partial charge is 0.463 e. The van der Waals surface area contributed by atoms with E-state index in [1.165, 1.54) is 0 Å². The molecule has 1 aromatic carbocycles. The number of hydrogen-bond acceptors (Lipinski definition) is 3. The lowest BCUT2D eigenvalue weighted by atomic mass is 10.1. The van der Waals surface area contributed by atoms with Gasteiger partial charge in [0.25, 0.3) is 5.91 Å². The van der Waals surface area contributed by atoms with Gasteiger partial charge in [0.05, 0.1) is 18.8 Å². The quantitative estimate of drug-likeness (QED) is 0.845. The van der Waals surface area contributed by atoms with Crippen molar-refractivity contribution in [1.29, 1.82) is 5.26 Å². The summed E-state index contributed by atoms with van der Waals surface area (Å²) in [6, 6.07) is 13.2. The number of amides is 1. The number of anilines is 1. The topological polar surface area (TPSA) is 82.6 Å². The molecule has 5 heteroatoms. The maximum absolute atomic E-state index is 11.9. The monoisotopic (exact) mass is 284 g/mol. The van der Waals surface area contributed by atoms with Crippen LogP contribution >= 0.6 is 0 Å². The highest BCUT2D eigenvalue weighted by Gasteiger charge is 2.13. The van der Waals surface area contributed by atoms with Crippen LogP contribution in [0.5, 0.6) is 0 Å². The van der Waals surface area contributed by atoms with E-state index in [1.807, 2.05) is 36.5 Å². The van der Waals surface area contributed by atoms with Gasteiger partial charge >= 0.3 is 0 Å². The van der Waals surface area contributed by atoms with Crippen molar-refractivity contribution in [2.75, 3.05) is 11.9 Å². The standard InChI is InChI=1S/C16H17N3O2/c1-12(15-3-2-10-21-15)18-11-16(20)19-14-6-4-13(5-7-14)8-9-17/h2-7,10,12,18H,8,11H2,1H3,(H,19,20)/p+1/t12-/m1/s1. The van der Waals surface area contributed by atoms with Crippen LogP contribution in [0.25, 0.3) is 0 Å². The normalized spacial score (nSPS) is 11.6.